The van der Waals surface area contributed by atoms with Crippen LogP contribution in [0.3, 0.4) is 0 Å². The van der Waals surface area contributed by atoms with E-state index in [0.29, 0.717) is 38.8 Å². The third-order valence-corrected chi connectivity index (χ3v) is 33.9. The first-order valence-electron chi connectivity index (χ1n) is 45.9. The molecule has 6 saturated heterocycles. The van der Waals surface area contributed by atoms with Crippen LogP contribution in [0.1, 0.15) is 131 Å². The fraction of sp³-hybridized carbons (Fsp3) is 0.859. The highest BCUT2D eigenvalue weighted by Crippen LogP contribution is 2.42. The second kappa shape index (κ2) is 52.4. The molecule has 0 radical (unpaired) electrons. The van der Waals surface area contributed by atoms with Crippen molar-refractivity contribution in [2.45, 2.75) is 263 Å². The SMILES string of the molecule is C[C@H](N)C(=O)N[C@@]1(C(=O)O)CN(S(=O)(=O)NC2CNC2)C[C@@H]1CCCB(O)O.C[C@H](N)C(=O)N[C@@]1(C(=O)O)CN(S(=O)(=O)NCCN)C[C@@H]1CCCB(O)O.C[C@H](N)C(=O)N[C@@]1(C(=O)O)CN(S(=O)(=O)N[C@@H](C)C2(N)CC2)C[C@@H]1CCCB(O)O.C[C@H](N)C(=O)N[C@@]1(C(=O)O)CN(S(=O)(=O)N[C@@H]2C[C@H]2N)C[C@@H]1CCCB(O)O.C[C@H](N)C(=O)N[C@@]1(C(=O)O)CN(S(=O)(=O)N[C@H]2C[C@@H]2N)C[C@@H]1CCCB(O)O. The highest BCUT2D eigenvalue weighted by molar-refractivity contribution is 7.88. The molecule has 141 heavy (non-hydrogen) atoms. The number of carboxylic acids is 5. The molecule has 9 rings (SSSR count). The number of nitrogens with one attached hydrogen (secondary N) is 11. The summed E-state index contributed by atoms with van der Waals surface area (Å²) in [5.74, 6) is -14.4. The first kappa shape index (κ1) is 125. The van der Waals surface area contributed by atoms with E-state index >= 15 is 0 Å². The maximum atomic E-state index is 12.9. The summed E-state index contributed by atoms with van der Waals surface area (Å²) in [4.78, 5) is 121. The predicted octanol–water partition coefficient (Wildman–Crippen LogP) is -17.5. The van der Waals surface area contributed by atoms with Gasteiger partial charge in [0.15, 0.2) is 27.7 Å². The first-order chi connectivity index (χ1) is 64.9. The zero-order chi connectivity index (χ0) is 107. The molecule has 60 nitrogen and oxygen atoms in total. The summed E-state index contributed by atoms with van der Waals surface area (Å²) in [6.07, 6.45) is 4.36. The van der Waals surface area contributed by atoms with Crippen molar-refractivity contribution in [1.29, 1.82) is 0 Å². The van der Waals surface area contributed by atoms with Crippen LogP contribution in [0.5, 0.6) is 0 Å². The maximum absolute atomic E-state index is 12.9. The molecule has 9 fully saturated rings. The molecule has 9 aliphatic rings. The molecule has 0 aromatic rings. The second-order valence-electron chi connectivity index (χ2n) is 37.8. The van der Waals surface area contributed by atoms with E-state index < -0.39 is 290 Å². The summed E-state index contributed by atoms with van der Waals surface area (Å²) in [6.45, 7) is 6.55. The number of nitrogens with zero attached hydrogens (tertiary/aromatic N) is 5. The van der Waals surface area contributed by atoms with E-state index in [1.165, 1.54) is 34.6 Å². The minimum Gasteiger partial charge on any atom is -0.479 e. The molecule has 3 saturated carbocycles. The summed E-state index contributed by atoms with van der Waals surface area (Å²) >= 11 is 0. The highest BCUT2D eigenvalue weighted by atomic mass is 32.2. The lowest BCUT2D eigenvalue weighted by Gasteiger charge is -2.32. The van der Waals surface area contributed by atoms with Gasteiger partial charge in [-0.3, -0.25) is 24.0 Å². The molecular weight excluding hydrogens is 1980 g/mol. The van der Waals surface area contributed by atoms with Gasteiger partial charge in [-0.05, 0) is 131 Å². The first-order valence-corrected chi connectivity index (χ1v) is 53.1. The van der Waals surface area contributed by atoms with Gasteiger partial charge >= 0.3 is 65.4 Å². The Labute approximate surface area is 820 Å². The van der Waals surface area contributed by atoms with Crippen molar-refractivity contribution in [3.05, 3.63) is 0 Å². The van der Waals surface area contributed by atoms with Crippen molar-refractivity contribution in [3.63, 3.8) is 0 Å². The lowest BCUT2D eigenvalue weighted by Crippen LogP contribution is -2.63. The molecule has 20 atom stereocenters. The predicted molar refractivity (Wildman–Crippen MR) is 507 cm³/mol. The summed E-state index contributed by atoms with van der Waals surface area (Å²) < 4.78 is 144. The van der Waals surface area contributed by atoms with Gasteiger partial charge in [-0.15, -0.1) is 0 Å². The Morgan fingerprint density at radius 3 is 0.759 bits per heavy atom. The van der Waals surface area contributed by atoms with Gasteiger partial charge in [0.05, 0.1) is 30.2 Å². The van der Waals surface area contributed by atoms with Gasteiger partial charge in [0.2, 0.25) is 29.5 Å². The summed E-state index contributed by atoms with van der Waals surface area (Å²) in [5.41, 5.74) is 40.4. The molecule has 808 valence electrons. The number of rotatable bonds is 52. The van der Waals surface area contributed by atoms with Crippen molar-refractivity contribution in [1.82, 2.24) is 77.0 Å². The number of carbonyl (C=O) groups is 10. The van der Waals surface area contributed by atoms with Gasteiger partial charge in [0.25, 0.3) is 51.0 Å². The average Bonchev–Trinajstić information content (AvgIpc) is 1.61. The highest BCUT2D eigenvalue weighted by Gasteiger charge is 2.63. The van der Waals surface area contributed by atoms with E-state index in [9.17, 15) is 116 Å². The van der Waals surface area contributed by atoms with Crippen LogP contribution in [0.4, 0.5) is 0 Å². The van der Waals surface area contributed by atoms with E-state index in [2.05, 4.69) is 55.5 Å². The van der Waals surface area contributed by atoms with Crippen LogP contribution in [0.2, 0.25) is 31.6 Å². The van der Waals surface area contributed by atoms with Crippen molar-refractivity contribution < 1.29 is 166 Å². The average molecular weight is 2120 g/mol. The normalized spacial score (nSPS) is 28.5. The minimum absolute atomic E-state index is 0.00460. The molecule has 44 N–H and O–H groups in total. The van der Waals surface area contributed by atoms with Gasteiger partial charge in [-0.2, -0.15) is 82.5 Å². The summed E-state index contributed by atoms with van der Waals surface area (Å²) in [5, 5.41) is 155. The fourth-order valence-corrected chi connectivity index (χ4v) is 24.2. The zero-order valence-electron chi connectivity index (χ0n) is 79.3. The number of amides is 5. The number of carboxylic acid groups (broad SMARTS) is 5. The lowest BCUT2D eigenvalue weighted by atomic mass is 9.78. The standard InChI is InChI=1S/C16H32BN5O7S.3C14H28BN5O7S.C13H28BN5O7S/c1-10(18)13(23)20-16(14(24)25)9-22(8-12(16)4-3-7-17(26)27)30(28,29)21-11(2)15(19)5-6-15;1-9(16)12(21)18-14(13(22)23)8-20(7-10(14)3-2-4-15(24)25)28(26,27)19-11-5-17-6-11;2*1-8(16)12(21)18-14(13(22)23)7-20(6-9(14)3-2-4-15(24)25)28(26,27)19-11-5-10(11)17;1-9(16)11(20)18-13(12(21)22)8-19(27(25,26)17-6-5-15)7-10(13)3-2-4-14(23)24/h10-12,21,26-27H,3-9,18-19H2,1-2H3,(H,20,23)(H,24,25);9-11,17,19,24-25H,2-8,16H2,1H3,(H,18,21)(H,22,23);2*8-11,19,24-25H,2-7,16-17H2,1H3,(H,18,21)(H,22,23);9-10,17,23-24H,2-8,15-16H2,1H3,(H,18,20)(H,21,22)/t10-,11-,12-,16-;9-,10-,14-;8-,9-,10+,11+,14-;8-,9-,10-,11-,14-;9-,10-,13-/m00000/s1. The van der Waals surface area contributed by atoms with Crippen molar-refractivity contribution in [3.8, 4) is 0 Å². The molecule has 0 aromatic heterocycles. The third kappa shape index (κ3) is 34.9. The number of aliphatic carboxylic acids is 5. The van der Waals surface area contributed by atoms with E-state index in [-0.39, 0.29) is 160 Å². The topological polar surface area (TPSA) is 1030 Å². The number of nitrogens with two attached hydrogens (primary N) is 9. The second-order valence-corrected chi connectivity index (χ2v) is 46.3. The zero-order valence-corrected chi connectivity index (χ0v) is 83.4. The number of hydrogen-bond acceptors (Lipinski definition) is 40. The molecule has 6 aliphatic heterocycles. The monoisotopic (exact) mass is 2120 g/mol. The molecule has 0 spiro atoms. The molecule has 5 amide bonds. The molecule has 3 aliphatic carbocycles. The van der Waals surface area contributed by atoms with Crippen molar-refractivity contribution >= 4 is 146 Å². The molecule has 0 aromatic carbocycles. The number of carbonyl (C=O) groups excluding carboxylic acids is 5. The Morgan fingerprint density at radius 1 is 0.369 bits per heavy atom. The smallest absolute Gasteiger partial charge is 0.451 e. The minimum atomic E-state index is -4.08. The van der Waals surface area contributed by atoms with E-state index in [4.69, 9.17) is 102 Å². The molecule has 6 heterocycles. The summed E-state index contributed by atoms with van der Waals surface area (Å²) in [7, 11) is -27.8. The molecular formula is C71H144B5N25O35S5. The van der Waals surface area contributed by atoms with Gasteiger partial charge in [-0.25, -0.2) is 28.7 Å². The number of hydrogen-bond donors (Lipinski definition) is 35. The Balaban J connectivity index is 0.000000311. The van der Waals surface area contributed by atoms with Crippen molar-refractivity contribution in [2.75, 3.05) is 91.6 Å². The van der Waals surface area contributed by atoms with Crippen LogP contribution in [-0.4, -0.2) is 426 Å². The third-order valence-electron chi connectivity index (χ3n) is 26.0. The fourth-order valence-electron chi connectivity index (χ4n) is 16.7. The maximum Gasteiger partial charge on any atom is 0.451 e. The molecule has 0 bridgehead atoms. The van der Waals surface area contributed by atoms with Crippen molar-refractivity contribution in [2.24, 2.45) is 81.2 Å². The largest absolute Gasteiger partial charge is 0.479 e. The molecule has 0 unspecified atom stereocenters. The Hall–Kier alpha value is -6.43. The van der Waals surface area contributed by atoms with Crippen LogP contribution >= 0.6 is 0 Å². The van der Waals surface area contributed by atoms with Gasteiger partial charge in [0.1, 0.15) is 0 Å². The Bertz CT molecular complexity index is 4590. The van der Waals surface area contributed by atoms with Gasteiger partial charge in [0, 0.05) is 163 Å². The van der Waals surface area contributed by atoms with Crippen LogP contribution in [0.15, 0.2) is 0 Å². The lowest BCUT2D eigenvalue weighted by molar-refractivity contribution is -0.149. The van der Waals surface area contributed by atoms with Crippen LogP contribution in [0, 0.1) is 29.6 Å². The van der Waals surface area contributed by atoms with Gasteiger partial charge in [-0.1, -0.05) is 32.1 Å². The Morgan fingerprint density at radius 2 is 0.582 bits per heavy atom. The van der Waals surface area contributed by atoms with E-state index in [1.807, 2.05) is 0 Å². The molecule has 70 heteroatoms. The van der Waals surface area contributed by atoms with E-state index in [1.54, 1.807) is 6.92 Å². The van der Waals surface area contributed by atoms with Crippen LogP contribution in [0.25, 0.3) is 0 Å². The van der Waals surface area contributed by atoms with Gasteiger partial charge < -0.3 is 159 Å². The Kier molecular flexibility index (Phi) is 46.5. The van der Waals surface area contributed by atoms with Crippen LogP contribution < -0.4 is 107 Å². The summed E-state index contributed by atoms with van der Waals surface area (Å²) in [6, 6.07) is -7.07. The quantitative estimate of drug-likeness (QED) is 0.0252. The van der Waals surface area contributed by atoms with Crippen LogP contribution in [-0.2, 0) is 99.0 Å². The van der Waals surface area contributed by atoms with E-state index in [0.717, 1.165) is 21.5 Å².